The van der Waals surface area contributed by atoms with Crippen LogP contribution >= 0.6 is 23.8 Å². The lowest BCUT2D eigenvalue weighted by Gasteiger charge is -2.22. The van der Waals surface area contributed by atoms with Crippen molar-refractivity contribution in [2.24, 2.45) is 0 Å². The van der Waals surface area contributed by atoms with E-state index in [1.165, 1.54) is 24.3 Å². The molecule has 0 aliphatic heterocycles. The molecule has 0 spiro atoms. The summed E-state index contributed by atoms with van der Waals surface area (Å²) >= 11 is 10.6. The molecule has 1 aromatic rings. The molecule has 0 heterocycles. The Morgan fingerprint density at radius 2 is 2.00 bits per heavy atom. The molecule has 7 heteroatoms. The van der Waals surface area contributed by atoms with Crippen LogP contribution in [0.5, 0.6) is 0 Å². The van der Waals surface area contributed by atoms with E-state index >= 15 is 0 Å². The van der Waals surface area contributed by atoms with Crippen molar-refractivity contribution in [1.29, 1.82) is 0 Å². The van der Waals surface area contributed by atoms with Gasteiger partial charge in [-0.25, -0.2) is 4.39 Å². The molecule has 0 bridgehead atoms. The molecule has 1 aromatic carbocycles. The summed E-state index contributed by atoms with van der Waals surface area (Å²) in [6.07, 6.45) is 2.54. The van der Waals surface area contributed by atoms with Gasteiger partial charge in [-0.15, -0.1) is 0 Å². The average molecular weight is 330 g/mol. The Labute approximate surface area is 133 Å². The monoisotopic (exact) mass is 329 g/mol. The zero-order valence-corrected chi connectivity index (χ0v) is 13.5. The van der Waals surface area contributed by atoms with Crippen molar-refractivity contribution in [3.05, 3.63) is 40.7 Å². The molecule has 0 aliphatic rings. The first-order chi connectivity index (χ1) is 9.67. The van der Waals surface area contributed by atoms with Crippen LogP contribution in [-0.4, -0.2) is 16.6 Å². The van der Waals surface area contributed by atoms with Crippen LogP contribution in [0, 0.1) is 5.82 Å². The topological polar surface area (TPSA) is 53.2 Å². The average Bonchev–Trinajstić information content (AvgIpc) is 2.33. The van der Waals surface area contributed by atoms with Crippen molar-refractivity contribution in [1.82, 2.24) is 16.2 Å². The van der Waals surface area contributed by atoms with E-state index in [-0.39, 0.29) is 11.1 Å². The fraction of sp³-hybridized carbons (Fsp3) is 0.286. The SMILES string of the molecule is CC(C)(C)NC(=S)NNC(=O)/C=C/c1ccc(Cl)cc1F. The number of hydrazine groups is 1. The molecule has 0 unspecified atom stereocenters. The molecule has 0 saturated heterocycles. The summed E-state index contributed by atoms with van der Waals surface area (Å²) in [5.74, 6) is -0.952. The van der Waals surface area contributed by atoms with Crippen LogP contribution in [0.2, 0.25) is 5.02 Å². The highest BCUT2D eigenvalue weighted by molar-refractivity contribution is 7.80. The number of thiocarbonyl (C=S) groups is 1. The van der Waals surface area contributed by atoms with Crippen LogP contribution in [0.3, 0.4) is 0 Å². The van der Waals surface area contributed by atoms with Gasteiger partial charge in [-0.2, -0.15) is 0 Å². The number of carbonyl (C=O) groups is 1. The first-order valence-corrected chi connectivity index (χ1v) is 6.97. The minimum Gasteiger partial charge on any atom is -0.357 e. The van der Waals surface area contributed by atoms with Gasteiger partial charge < -0.3 is 5.32 Å². The Kier molecular flexibility index (Phi) is 6.11. The summed E-state index contributed by atoms with van der Waals surface area (Å²) in [6, 6.07) is 4.21. The first kappa shape index (κ1) is 17.4. The predicted octanol–water partition coefficient (Wildman–Crippen LogP) is 2.79. The summed E-state index contributed by atoms with van der Waals surface area (Å²) in [5.41, 5.74) is 4.99. The molecule has 3 N–H and O–H groups in total. The maximum Gasteiger partial charge on any atom is 0.262 e. The second-order valence-corrected chi connectivity index (χ2v) is 6.16. The van der Waals surface area contributed by atoms with Gasteiger partial charge in [-0.3, -0.25) is 15.6 Å². The number of nitrogens with one attached hydrogen (secondary N) is 3. The standard InChI is InChI=1S/C14H17ClFN3OS/c1-14(2,3)17-13(21)19-18-12(20)7-5-9-4-6-10(15)8-11(9)16/h4-8H,1-3H3,(H,18,20)(H2,17,19,21)/b7-5+. The molecule has 21 heavy (non-hydrogen) atoms. The summed E-state index contributed by atoms with van der Waals surface area (Å²) in [4.78, 5) is 11.6. The Morgan fingerprint density at radius 3 is 2.57 bits per heavy atom. The number of rotatable bonds is 2. The van der Waals surface area contributed by atoms with Crippen molar-refractivity contribution in [3.63, 3.8) is 0 Å². The van der Waals surface area contributed by atoms with E-state index in [1.807, 2.05) is 20.8 Å². The van der Waals surface area contributed by atoms with Gasteiger partial charge in [0.15, 0.2) is 5.11 Å². The highest BCUT2D eigenvalue weighted by atomic mass is 35.5. The number of benzene rings is 1. The lowest BCUT2D eigenvalue weighted by atomic mass is 10.1. The third-order valence-corrected chi connectivity index (χ3v) is 2.60. The molecule has 0 saturated carbocycles. The molecule has 114 valence electrons. The van der Waals surface area contributed by atoms with E-state index in [4.69, 9.17) is 23.8 Å². The van der Waals surface area contributed by atoms with E-state index in [0.717, 1.165) is 0 Å². The molecule has 0 aromatic heterocycles. The van der Waals surface area contributed by atoms with E-state index in [2.05, 4.69) is 16.2 Å². The maximum atomic E-state index is 13.5. The van der Waals surface area contributed by atoms with Gasteiger partial charge in [0.25, 0.3) is 5.91 Å². The lowest BCUT2D eigenvalue weighted by Crippen LogP contribution is -2.51. The van der Waals surface area contributed by atoms with Crippen LogP contribution in [0.4, 0.5) is 4.39 Å². The van der Waals surface area contributed by atoms with Crippen LogP contribution < -0.4 is 16.2 Å². The van der Waals surface area contributed by atoms with Gasteiger partial charge in [-0.1, -0.05) is 17.7 Å². The zero-order chi connectivity index (χ0) is 16.0. The molecule has 4 nitrogen and oxygen atoms in total. The van der Waals surface area contributed by atoms with E-state index in [1.54, 1.807) is 6.07 Å². The van der Waals surface area contributed by atoms with Gasteiger partial charge in [0.2, 0.25) is 0 Å². The molecule has 0 aliphatic carbocycles. The predicted molar refractivity (Wildman–Crippen MR) is 87.2 cm³/mol. The molecule has 0 fully saturated rings. The summed E-state index contributed by atoms with van der Waals surface area (Å²) in [7, 11) is 0. The Balaban J connectivity index is 2.50. The molecular formula is C14H17ClFN3OS. The van der Waals surface area contributed by atoms with Crippen molar-refractivity contribution >= 4 is 40.9 Å². The Hall–Kier alpha value is -1.66. The smallest absolute Gasteiger partial charge is 0.262 e. The zero-order valence-electron chi connectivity index (χ0n) is 12.0. The fourth-order valence-corrected chi connectivity index (χ4v) is 1.85. The van der Waals surface area contributed by atoms with Gasteiger partial charge in [-0.05, 0) is 51.2 Å². The van der Waals surface area contributed by atoms with Crippen LogP contribution in [0.1, 0.15) is 26.3 Å². The van der Waals surface area contributed by atoms with E-state index in [9.17, 15) is 9.18 Å². The van der Waals surface area contributed by atoms with Crippen molar-refractivity contribution in [3.8, 4) is 0 Å². The molecular weight excluding hydrogens is 313 g/mol. The second kappa shape index (κ2) is 7.38. The molecule has 0 atom stereocenters. The normalized spacial score (nSPS) is 11.3. The van der Waals surface area contributed by atoms with Crippen LogP contribution in [-0.2, 0) is 4.79 Å². The number of hydrogen-bond acceptors (Lipinski definition) is 2. The summed E-state index contributed by atoms with van der Waals surface area (Å²) in [6.45, 7) is 5.81. The van der Waals surface area contributed by atoms with E-state index < -0.39 is 11.7 Å². The second-order valence-electron chi connectivity index (χ2n) is 5.32. The maximum absolute atomic E-state index is 13.5. The van der Waals surface area contributed by atoms with E-state index in [0.29, 0.717) is 10.1 Å². The summed E-state index contributed by atoms with van der Waals surface area (Å²) < 4.78 is 13.5. The van der Waals surface area contributed by atoms with Crippen LogP contribution in [0.15, 0.2) is 24.3 Å². The number of halogens is 2. The van der Waals surface area contributed by atoms with Crippen molar-refractivity contribution < 1.29 is 9.18 Å². The molecule has 0 radical (unpaired) electrons. The minimum absolute atomic E-state index is 0.211. The van der Waals surface area contributed by atoms with Crippen molar-refractivity contribution in [2.45, 2.75) is 26.3 Å². The lowest BCUT2D eigenvalue weighted by molar-refractivity contribution is -0.117. The molecule has 1 rings (SSSR count). The highest BCUT2D eigenvalue weighted by Gasteiger charge is 2.10. The van der Waals surface area contributed by atoms with Gasteiger partial charge >= 0.3 is 0 Å². The molecule has 1 amide bonds. The van der Waals surface area contributed by atoms with Gasteiger partial charge in [0.05, 0.1) is 0 Å². The summed E-state index contributed by atoms with van der Waals surface area (Å²) in [5, 5.41) is 3.56. The fourth-order valence-electron chi connectivity index (χ4n) is 1.33. The quantitative estimate of drug-likeness (QED) is 0.444. The highest BCUT2D eigenvalue weighted by Crippen LogP contribution is 2.15. The number of carbonyl (C=O) groups excluding carboxylic acids is 1. The Morgan fingerprint density at radius 1 is 1.33 bits per heavy atom. The van der Waals surface area contributed by atoms with Crippen LogP contribution in [0.25, 0.3) is 6.08 Å². The number of amides is 1. The third-order valence-electron chi connectivity index (χ3n) is 2.16. The number of hydrogen-bond donors (Lipinski definition) is 3. The van der Waals surface area contributed by atoms with Crippen molar-refractivity contribution in [2.75, 3.05) is 0 Å². The third kappa shape index (κ3) is 7.06. The largest absolute Gasteiger partial charge is 0.357 e. The Bertz CT molecular complexity index is 570. The van der Waals surface area contributed by atoms with Gasteiger partial charge in [0, 0.05) is 22.2 Å². The first-order valence-electron chi connectivity index (χ1n) is 6.18. The minimum atomic E-state index is -0.496. The van der Waals surface area contributed by atoms with Gasteiger partial charge in [0.1, 0.15) is 5.82 Å².